The minimum atomic E-state index is -0.850. The summed E-state index contributed by atoms with van der Waals surface area (Å²) in [4.78, 5) is 33.8. The van der Waals surface area contributed by atoms with Gasteiger partial charge in [-0.05, 0) is 18.9 Å². The van der Waals surface area contributed by atoms with Gasteiger partial charge in [-0.2, -0.15) is 0 Å². The summed E-state index contributed by atoms with van der Waals surface area (Å²) in [5.41, 5.74) is -0.206. The molecule has 0 aliphatic carbocycles. The molecule has 0 saturated carbocycles. The van der Waals surface area contributed by atoms with Gasteiger partial charge in [0.25, 0.3) is 5.69 Å². The van der Waals surface area contributed by atoms with Gasteiger partial charge < -0.3 is 14.2 Å². The minimum absolute atomic E-state index is 0.0344. The molecule has 0 aliphatic rings. The summed E-state index contributed by atoms with van der Waals surface area (Å²) in [7, 11) is 0. The molecule has 8 nitrogen and oxygen atoms in total. The Morgan fingerprint density at radius 2 is 1.83 bits per heavy atom. The van der Waals surface area contributed by atoms with Crippen molar-refractivity contribution in [1.29, 1.82) is 0 Å². The third-order valence-corrected chi connectivity index (χ3v) is 2.59. The zero-order valence-electron chi connectivity index (χ0n) is 13.5. The van der Waals surface area contributed by atoms with E-state index in [9.17, 15) is 19.7 Å². The van der Waals surface area contributed by atoms with Crippen LogP contribution < -0.4 is 4.74 Å². The Labute approximate surface area is 139 Å². The Bertz CT molecular complexity index is 625. The summed E-state index contributed by atoms with van der Waals surface area (Å²) >= 11 is 0. The molecule has 0 bridgehead atoms. The minimum Gasteiger partial charge on any atom is -0.462 e. The monoisotopic (exact) mass is 337 g/mol. The van der Waals surface area contributed by atoms with Crippen molar-refractivity contribution in [3.05, 3.63) is 46.2 Å². The highest BCUT2D eigenvalue weighted by Gasteiger charge is 2.18. The molecule has 0 amide bonds. The number of hydrogen-bond donors (Lipinski definition) is 0. The number of nitrogens with zero attached hydrogens (tertiary/aromatic N) is 1. The molecule has 0 atom stereocenters. The number of hydrogen-bond acceptors (Lipinski definition) is 7. The van der Waals surface area contributed by atoms with E-state index < -0.39 is 22.6 Å². The van der Waals surface area contributed by atoms with Crippen LogP contribution in [0.3, 0.4) is 0 Å². The first-order valence-corrected chi connectivity index (χ1v) is 7.45. The smallest absolute Gasteiger partial charge is 0.374 e. The van der Waals surface area contributed by atoms with Crippen LogP contribution in [0.2, 0.25) is 0 Å². The summed E-state index contributed by atoms with van der Waals surface area (Å²) in [6.07, 6.45) is 2.09. The van der Waals surface area contributed by atoms with Gasteiger partial charge in [0.15, 0.2) is 0 Å². The first-order valence-electron chi connectivity index (χ1n) is 7.45. The number of esters is 2. The standard InChI is InChI=1S/C16H19NO7/c1-3-8-22-15(18)11-14(16(19)23-9-4-2)24-13-7-5-6-12(10-13)17(20)21/h5-7,10-11H,3-4,8-9H2,1-2H3/b14-11-. The Balaban J connectivity index is 2.98. The molecule has 0 heterocycles. The fraction of sp³-hybridized carbons (Fsp3) is 0.375. The third kappa shape index (κ3) is 6.47. The van der Waals surface area contributed by atoms with Gasteiger partial charge in [-0.25, -0.2) is 9.59 Å². The molecular formula is C16H19NO7. The average molecular weight is 337 g/mol. The summed E-state index contributed by atoms with van der Waals surface area (Å²) in [5.74, 6) is -1.97. The number of carbonyl (C=O) groups excluding carboxylic acids is 2. The van der Waals surface area contributed by atoms with Crippen molar-refractivity contribution in [1.82, 2.24) is 0 Å². The fourth-order valence-electron chi connectivity index (χ4n) is 1.53. The van der Waals surface area contributed by atoms with Crippen molar-refractivity contribution in [2.75, 3.05) is 13.2 Å². The summed E-state index contributed by atoms with van der Waals surface area (Å²) in [5, 5.41) is 10.8. The maximum absolute atomic E-state index is 12.0. The zero-order chi connectivity index (χ0) is 17.9. The van der Waals surface area contributed by atoms with Crippen LogP contribution in [0.5, 0.6) is 5.75 Å². The molecule has 0 radical (unpaired) electrons. The van der Waals surface area contributed by atoms with Crippen LogP contribution >= 0.6 is 0 Å². The van der Waals surface area contributed by atoms with Gasteiger partial charge in [-0.1, -0.05) is 19.9 Å². The van der Waals surface area contributed by atoms with Crippen molar-refractivity contribution in [3.8, 4) is 5.75 Å². The molecule has 1 aromatic carbocycles. The Kier molecular flexibility index (Phi) is 7.97. The van der Waals surface area contributed by atoms with Gasteiger partial charge in [0.1, 0.15) is 5.75 Å². The molecule has 0 aromatic heterocycles. The van der Waals surface area contributed by atoms with Crippen molar-refractivity contribution < 1.29 is 28.7 Å². The van der Waals surface area contributed by atoms with E-state index in [0.717, 1.165) is 12.1 Å². The SMILES string of the molecule is CCCOC(=O)/C=C(\Oc1cccc([N+](=O)[O-])c1)C(=O)OCCC. The van der Waals surface area contributed by atoms with Gasteiger partial charge >= 0.3 is 11.9 Å². The molecule has 1 aromatic rings. The first-order chi connectivity index (χ1) is 11.5. The van der Waals surface area contributed by atoms with Crippen molar-refractivity contribution in [3.63, 3.8) is 0 Å². The first kappa shape index (κ1) is 19.1. The van der Waals surface area contributed by atoms with E-state index in [0.29, 0.717) is 12.8 Å². The molecule has 130 valence electrons. The molecule has 8 heteroatoms. The second-order valence-electron chi connectivity index (χ2n) is 4.67. The van der Waals surface area contributed by atoms with Crippen molar-refractivity contribution in [2.45, 2.75) is 26.7 Å². The molecule has 1 rings (SSSR count). The fourth-order valence-corrected chi connectivity index (χ4v) is 1.53. The lowest BCUT2D eigenvalue weighted by Gasteiger charge is -2.09. The summed E-state index contributed by atoms with van der Waals surface area (Å²) < 4.78 is 15.1. The number of nitro benzene ring substituents is 1. The van der Waals surface area contributed by atoms with Gasteiger partial charge in [-0.15, -0.1) is 0 Å². The van der Waals surface area contributed by atoms with Crippen molar-refractivity contribution >= 4 is 17.6 Å². The number of ether oxygens (including phenoxy) is 3. The lowest BCUT2D eigenvalue weighted by molar-refractivity contribution is -0.384. The van der Waals surface area contributed by atoms with E-state index in [1.807, 2.05) is 13.8 Å². The summed E-state index contributed by atoms with van der Waals surface area (Å²) in [6.45, 7) is 3.99. The number of benzene rings is 1. The molecule has 0 fully saturated rings. The number of non-ortho nitro benzene ring substituents is 1. The zero-order valence-corrected chi connectivity index (χ0v) is 13.5. The van der Waals surface area contributed by atoms with E-state index in [1.54, 1.807) is 0 Å². The van der Waals surface area contributed by atoms with Gasteiger partial charge in [-0.3, -0.25) is 10.1 Å². The third-order valence-electron chi connectivity index (χ3n) is 2.59. The van der Waals surface area contributed by atoms with Gasteiger partial charge in [0, 0.05) is 6.07 Å². The van der Waals surface area contributed by atoms with Crippen LogP contribution in [-0.4, -0.2) is 30.1 Å². The maximum Gasteiger partial charge on any atom is 0.374 e. The van der Waals surface area contributed by atoms with Crippen LogP contribution in [0.25, 0.3) is 0 Å². The number of rotatable bonds is 9. The molecule has 0 saturated heterocycles. The van der Waals surface area contributed by atoms with Gasteiger partial charge in [0.05, 0.1) is 30.3 Å². The lowest BCUT2D eigenvalue weighted by Crippen LogP contribution is -2.16. The van der Waals surface area contributed by atoms with Crippen LogP contribution in [0.1, 0.15) is 26.7 Å². The quantitative estimate of drug-likeness (QED) is 0.224. The molecule has 0 N–H and O–H groups in total. The van der Waals surface area contributed by atoms with Crippen LogP contribution in [0.4, 0.5) is 5.69 Å². The van der Waals surface area contributed by atoms with E-state index in [-0.39, 0.29) is 24.7 Å². The highest BCUT2D eigenvalue weighted by molar-refractivity contribution is 5.95. The molecule has 0 spiro atoms. The molecule has 24 heavy (non-hydrogen) atoms. The Morgan fingerprint density at radius 1 is 1.17 bits per heavy atom. The molecular weight excluding hydrogens is 318 g/mol. The topological polar surface area (TPSA) is 105 Å². The van der Waals surface area contributed by atoms with E-state index in [2.05, 4.69) is 0 Å². The largest absolute Gasteiger partial charge is 0.462 e. The summed E-state index contributed by atoms with van der Waals surface area (Å²) in [6, 6.07) is 5.24. The van der Waals surface area contributed by atoms with Crippen LogP contribution in [-0.2, 0) is 19.1 Å². The van der Waals surface area contributed by atoms with Crippen LogP contribution in [0, 0.1) is 10.1 Å². The maximum atomic E-state index is 12.0. The predicted molar refractivity (Wildman–Crippen MR) is 84.3 cm³/mol. The highest BCUT2D eigenvalue weighted by atomic mass is 16.6. The second-order valence-corrected chi connectivity index (χ2v) is 4.67. The predicted octanol–water partition coefficient (Wildman–Crippen LogP) is 2.76. The van der Waals surface area contributed by atoms with E-state index >= 15 is 0 Å². The molecule has 0 unspecified atom stereocenters. The van der Waals surface area contributed by atoms with Crippen molar-refractivity contribution in [2.24, 2.45) is 0 Å². The molecule has 0 aliphatic heterocycles. The van der Waals surface area contributed by atoms with E-state index in [4.69, 9.17) is 14.2 Å². The number of nitro groups is 1. The normalized spacial score (nSPS) is 10.8. The Morgan fingerprint density at radius 3 is 2.46 bits per heavy atom. The average Bonchev–Trinajstić information content (AvgIpc) is 2.57. The van der Waals surface area contributed by atoms with E-state index in [1.165, 1.54) is 18.2 Å². The van der Waals surface area contributed by atoms with Crippen LogP contribution in [0.15, 0.2) is 36.1 Å². The Hall–Kier alpha value is -2.90. The highest BCUT2D eigenvalue weighted by Crippen LogP contribution is 2.21. The number of carbonyl (C=O) groups is 2. The second kappa shape index (κ2) is 9.98. The lowest BCUT2D eigenvalue weighted by atomic mass is 10.3. The van der Waals surface area contributed by atoms with Gasteiger partial charge in [0.2, 0.25) is 5.76 Å².